The lowest BCUT2D eigenvalue weighted by Crippen LogP contribution is -2.45. The fraction of sp³-hybridized carbons (Fsp3) is 0.571. The van der Waals surface area contributed by atoms with E-state index in [9.17, 15) is 4.39 Å². The van der Waals surface area contributed by atoms with E-state index in [4.69, 9.17) is 0 Å². The Hall–Kier alpha value is -1.09. The minimum atomic E-state index is -0.772. The second-order valence-electron chi connectivity index (χ2n) is 5.09. The normalized spacial score (nSPS) is 29.5. The average molecular weight is 234 g/mol. The molecule has 3 heteroatoms. The summed E-state index contributed by atoms with van der Waals surface area (Å²) in [5, 5.41) is 6.62. The van der Waals surface area contributed by atoms with Crippen LogP contribution in [0.2, 0.25) is 0 Å². The summed E-state index contributed by atoms with van der Waals surface area (Å²) in [5.74, 6) is 0. The monoisotopic (exact) mass is 234 g/mol. The summed E-state index contributed by atoms with van der Waals surface area (Å²) in [7, 11) is 0. The van der Waals surface area contributed by atoms with E-state index < -0.39 is 6.17 Å². The first-order valence-corrected chi connectivity index (χ1v) is 6.56. The van der Waals surface area contributed by atoms with Gasteiger partial charge in [0, 0.05) is 11.7 Å². The molecule has 1 aromatic rings. The Morgan fingerprint density at radius 3 is 2.88 bits per heavy atom. The van der Waals surface area contributed by atoms with Crippen molar-refractivity contribution >= 4 is 5.69 Å². The number of hydrogen-bond donors (Lipinski definition) is 2. The summed E-state index contributed by atoms with van der Waals surface area (Å²) in [6.45, 7) is 0.967. The molecule has 0 radical (unpaired) electrons. The maximum absolute atomic E-state index is 14.4. The lowest BCUT2D eigenvalue weighted by atomic mass is 9.92. The van der Waals surface area contributed by atoms with E-state index in [1.807, 2.05) is 12.1 Å². The predicted octanol–water partition coefficient (Wildman–Crippen LogP) is 2.50. The van der Waals surface area contributed by atoms with E-state index in [1.54, 1.807) is 0 Å². The number of rotatable bonds is 2. The van der Waals surface area contributed by atoms with Crippen molar-refractivity contribution in [1.82, 2.24) is 5.32 Å². The maximum atomic E-state index is 14.4. The molecule has 1 aromatic carbocycles. The van der Waals surface area contributed by atoms with Crippen molar-refractivity contribution in [3.8, 4) is 0 Å². The zero-order valence-electron chi connectivity index (χ0n) is 9.95. The first-order valence-electron chi connectivity index (χ1n) is 6.56. The second kappa shape index (κ2) is 4.65. The van der Waals surface area contributed by atoms with Gasteiger partial charge in [0.1, 0.15) is 6.17 Å². The summed E-state index contributed by atoms with van der Waals surface area (Å²) in [5.41, 5.74) is 2.43. The molecule has 0 aromatic heterocycles. The van der Waals surface area contributed by atoms with Crippen LogP contribution in [0.4, 0.5) is 10.1 Å². The summed E-state index contributed by atoms with van der Waals surface area (Å²) < 4.78 is 14.4. The van der Waals surface area contributed by atoms with Crippen LogP contribution in [0.5, 0.6) is 0 Å². The summed E-state index contributed by atoms with van der Waals surface area (Å²) >= 11 is 0. The largest absolute Gasteiger partial charge is 0.379 e. The molecule has 3 rings (SSSR count). The van der Waals surface area contributed by atoms with E-state index in [0.29, 0.717) is 0 Å². The van der Waals surface area contributed by atoms with Crippen molar-refractivity contribution in [2.24, 2.45) is 0 Å². The topological polar surface area (TPSA) is 24.1 Å². The first-order chi connectivity index (χ1) is 8.34. The number of halogens is 1. The molecule has 2 nitrogen and oxygen atoms in total. The van der Waals surface area contributed by atoms with Crippen LogP contribution in [0.1, 0.15) is 24.8 Å². The fourth-order valence-corrected chi connectivity index (χ4v) is 2.96. The van der Waals surface area contributed by atoms with Crippen LogP contribution in [-0.4, -0.2) is 24.8 Å². The third-order valence-corrected chi connectivity index (χ3v) is 3.95. The van der Waals surface area contributed by atoms with Crippen LogP contribution >= 0.6 is 0 Å². The van der Waals surface area contributed by atoms with E-state index in [2.05, 4.69) is 22.8 Å². The number of hydrogen-bond acceptors (Lipinski definition) is 2. The Kier molecular flexibility index (Phi) is 3.02. The van der Waals surface area contributed by atoms with Crippen molar-refractivity contribution in [3.63, 3.8) is 0 Å². The van der Waals surface area contributed by atoms with Gasteiger partial charge in [-0.05, 0) is 43.9 Å². The molecule has 92 valence electrons. The minimum Gasteiger partial charge on any atom is -0.379 e. The molecule has 0 aliphatic carbocycles. The Bertz CT molecular complexity index is 388. The van der Waals surface area contributed by atoms with Gasteiger partial charge < -0.3 is 10.6 Å². The highest BCUT2D eigenvalue weighted by Crippen LogP contribution is 2.28. The van der Waals surface area contributed by atoms with Crippen molar-refractivity contribution < 1.29 is 4.39 Å². The van der Waals surface area contributed by atoms with E-state index in [0.717, 1.165) is 37.9 Å². The molecule has 2 aliphatic rings. The molecule has 1 saturated heterocycles. The highest BCUT2D eigenvalue weighted by Gasteiger charge is 2.33. The highest BCUT2D eigenvalue weighted by atomic mass is 19.1. The van der Waals surface area contributed by atoms with Crippen LogP contribution in [0, 0.1) is 0 Å². The average Bonchev–Trinajstić information content (AvgIpc) is 2.91. The zero-order chi connectivity index (χ0) is 11.7. The lowest BCUT2D eigenvalue weighted by molar-refractivity contribution is 0.225. The summed E-state index contributed by atoms with van der Waals surface area (Å²) in [4.78, 5) is 0. The molecule has 0 bridgehead atoms. The Balaban J connectivity index is 1.70. The molecule has 2 heterocycles. The number of aryl methyl sites for hydroxylation is 1. The van der Waals surface area contributed by atoms with Crippen LogP contribution in [0.25, 0.3) is 0 Å². The van der Waals surface area contributed by atoms with Gasteiger partial charge in [-0.25, -0.2) is 4.39 Å². The molecule has 2 N–H and O–H groups in total. The Labute approximate surface area is 102 Å². The van der Waals surface area contributed by atoms with E-state index in [1.165, 1.54) is 5.56 Å². The van der Waals surface area contributed by atoms with Crippen molar-refractivity contribution in [2.45, 2.75) is 43.9 Å². The maximum Gasteiger partial charge on any atom is 0.135 e. The lowest BCUT2D eigenvalue weighted by Gasteiger charge is -2.32. The smallest absolute Gasteiger partial charge is 0.135 e. The van der Waals surface area contributed by atoms with Crippen molar-refractivity contribution in [1.29, 1.82) is 0 Å². The number of para-hydroxylation sites is 1. The Morgan fingerprint density at radius 2 is 2.06 bits per heavy atom. The molecule has 0 spiro atoms. The molecule has 0 amide bonds. The molecule has 1 fully saturated rings. The highest BCUT2D eigenvalue weighted by molar-refractivity contribution is 5.54. The van der Waals surface area contributed by atoms with Crippen molar-refractivity contribution in [2.75, 3.05) is 11.9 Å². The van der Waals surface area contributed by atoms with E-state index in [-0.39, 0.29) is 12.1 Å². The van der Waals surface area contributed by atoms with Gasteiger partial charge in [-0.1, -0.05) is 18.2 Å². The second-order valence-corrected chi connectivity index (χ2v) is 5.09. The summed E-state index contributed by atoms with van der Waals surface area (Å²) in [6, 6.07) is 8.26. The van der Waals surface area contributed by atoms with Gasteiger partial charge in [0.05, 0.1) is 6.04 Å². The molecule has 17 heavy (non-hydrogen) atoms. The first kappa shape index (κ1) is 11.0. The number of nitrogens with one attached hydrogen (secondary N) is 2. The Morgan fingerprint density at radius 1 is 1.18 bits per heavy atom. The van der Waals surface area contributed by atoms with Gasteiger partial charge in [0.15, 0.2) is 0 Å². The number of anilines is 1. The standard InChI is InChI=1S/C14H19FN2/c15-14(12-6-3-9-16-12)13-8-7-10-4-1-2-5-11(10)17-13/h1-2,4-5,12-14,16-17H,3,6-9H2. The molecular weight excluding hydrogens is 215 g/mol. The van der Waals surface area contributed by atoms with Gasteiger partial charge in [0.25, 0.3) is 0 Å². The van der Waals surface area contributed by atoms with E-state index >= 15 is 0 Å². The third-order valence-electron chi connectivity index (χ3n) is 3.95. The number of fused-ring (bicyclic) bond motifs is 1. The fourth-order valence-electron chi connectivity index (χ4n) is 2.96. The zero-order valence-corrected chi connectivity index (χ0v) is 9.95. The number of benzene rings is 1. The van der Waals surface area contributed by atoms with Crippen LogP contribution in [0.15, 0.2) is 24.3 Å². The minimum absolute atomic E-state index is 0.0273. The molecule has 3 atom stereocenters. The van der Waals surface area contributed by atoms with Crippen LogP contribution in [0.3, 0.4) is 0 Å². The quantitative estimate of drug-likeness (QED) is 0.821. The van der Waals surface area contributed by atoms with Gasteiger partial charge in [-0.3, -0.25) is 0 Å². The van der Waals surface area contributed by atoms with Crippen LogP contribution in [-0.2, 0) is 6.42 Å². The van der Waals surface area contributed by atoms with Crippen molar-refractivity contribution in [3.05, 3.63) is 29.8 Å². The predicted molar refractivity (Wildman–Crippen MR) is 68.1 cm³/mol. The molecule has 3 unspecified atom stereocenters. The summed E-state index contributed by atoms with van der Waals surface area (Å²) in [6.07, 6.45) is 3.19. The molecule has 2 aliphatic heterocycles. The van der Waals surface area contributed by atoms with Gasteiger partial charge in [-0.2, -0.15) is 0 Å². The molecular formula is C14H19FN2. The molecule has 0 saturated carbocycles. The van der Waals surface area contributed by atoms with Gasteiger partial charge in [0.2, 0.25) is 0 Å². The van der Waals surface area contributed by atoms with Gasteiger partial charge >= 0.3 is 0 Å². The third kappa shape index (κ3) is 2.16. The number of alkyl halides is 1. The van der Waals surface area contributed by atoms with Crippen LogP contribution < -0.4 is 10.6 Å². The van der Waals surface area contributed by atoms with Gasteiger partial charge in [-0.15, -0.1) is 0 Å². The SMILES string of the molecule is FC(C1CCCN1)C1CCc2ccccc2N1.